The van der Waals surface area contributed by atoms with Crippen LogP contribution in [0.1, 0.15) is 53.8 Å². The lowest BCUT2D eigenvalue weighted by atomic mass is 9.86. The Balaban J connectivity index is 1.86. The molecule has 24 heavy (non-hydrogen) atoms. The summed E-state index contributed by atoms with van der Waals surface area (Å²) in [6.45, 7) is 0.555. The van der Waals surface area contributed by atoms with Gasteiger partial charge >= 0.3 is 5.97 Å². The van der Waals surface area contributed by atoms with Gasteiger partial charge in [0.25, 0.3) is 0 Å². The van der Waals surface area contributed by atoms with Gasteiger partial charge in [-0.15, -0.1) is 0 Å². The van der Waals surface area contributed by atoms with Crippen LogP contribution in [0.4, 0.5) is 4.39 Å². The van der Waals surface area contributed by atoms with Gasteiger partial charge in [-0.05, 0) is 42.2 Å². The molecule has 1 fully saturated rings. The SMILES string of the molecule is COC(=O)c1ccc(CC2CCCCC2)n1Cc1ccc(F)cc1. The molecule has 1 aromatic carbocycles. The van der Waals surface area contributed by atoms with Crippen LogP contribution in [0.5, 0.6) is 0 Å². The number of carbonyl (C=O) groups excluding carboxylic acids is 1. The third-order valence-corrected chi connectivity index (χ3v) is 4.94. The molecular formula is C20H24FNO2. The number of methoxy groups -OCH3 is 1. The van der Waals surface area contributed by atoms with E-state index in [9.17, 15) is 9.18 Å². The average molecular weight is 329 g/mol. The number of rotatable bonds is 5. The largest absolute Gasteiger partial charge is 0.464 e. The van der Waals surface area contributed by atoms with E-state index in [2.05, 4.69) is 0 Å². The molecule has 1 aromatic heterocycles. The predicted molar refractivity (Wildman–Crippen MR) is 91.6 cm³/mol. The Labute approximate surface area is 142 Å². The summed E-state index contributed by atoms with van der Waals surface area (Å²) >= 11 is 0. The monoisotopic (exact) mass is 329 g/mol. The number of nitrogens with zero attached hydrogens (tertiary/aromatic N) is 1. The van der Waals surface area contributed by atoms with Crippen molar-refractivity contribution in [3.8, 4) is 0 Å². The number of hydrogen-bond donors (Lipinski definition) is 0. The Morgan fingerprint density at radius 2 is 1.83 bits per heavy atom. The molecule has 1 saturated carbocycles. The average Bonchev–Trinajstić information content (AvgIpc) is 2.99. The summed E-state index contributed by atoms with van der Waals surface area (Å²) in [5, 5.41) is 0. The van der Waals surface area contributed by atoms with Crippen LogP contribution in [0.25, 0.3) is 0 Å². The summed E-state index contributed by atoms with van der Waals surface area (Å²) in [7, 11) is 1.40. The van der Waals surface area contributed by atoms with Crippen molar-refractivity contribution in [2.75, 3.05) is 7.11 Å². The molecule has 0 radical (unpaired) electrons. The maximum atomic E-state index is 13.1. The Kier molecular flexibility index (Phi) is 5.34. The van der Waals surface area contributed by atoms with Gasteiger partial charge in [-0.25, -0.2) is 9.18 Å². The van der Waals surface area contributed by atoms with Crippen LogP contribution in [0.15, 0.2) is 36.4 Å². The maximum absolute atomic E-state index is 13.1. The highest BCUT2D eigenvalue weighted by Crippen LogP contribution is 2.28. The Bertz CT molecular complexity index is 684. The van der Waals surface area contributed by atoms with Crippen molar-refractivity contribution in [2.24, 2.45) is 5.92 Å². The summed E-state index contributed by atoms with van der Waals surface area (Å²) in [5.41, 5.74) is 2.70. The number of aromatic nitrogens is 1. The summed E-state index contributed by atoms with van der Waals surface area (Å²) in [5.74, 6) is 0.111. The lowest BCUT2D eigenvalue weighted by molar-refractivity contribution is 0.0588. The molecule has 0 bridgehead atoms. The van der Waals surface area contributed by atoms with Crippen molar-refractivity contribution >= 4 is 5.97 Å². The zero-order valence-corrected chi connectivity index (χ0v) is 14.1. The fourth-order valence-corrected chi connectivity index (χ4v) is 3.62. The number of hydrogen-bond acceptors (Lipinski definition) is 2. The summed E-state index contributed by atoms with van der Waals surface area (Å²) in [4.78, 5) is 12.1. The van der Waals surface area contributed by atoms with E-state index in [0.29, 0.717) is 18.2 Å². The van der Waals surface area contributed by atoms with E-state index < -0.39 is 0 Å². The predicted octanol–water partition coefficient (Wildman–Crippen LogP) is 4.58. The number of ether oxygens (including phenoxy) is 1. The standard InChI is InChI=1S/C20H24FNO2/c1-24-20(23)19-12-11-18(13-15-5-3-2-4-6-15)22(19)14-16-7-9-17(21)10-8-16/h7-12,15H,2-6,13-14H2,1H3. The van der Waals surface area contributed by atoms with E-state index in [4.69, 9.17) is 4.74 Å². The maximum Gasteiger partial charge on any atom is 0.354 e. The highest BCUT2D eigenvalue weighted by Gasteiger charge is 2.20. The number of esters is 1. The number of halogens is 1. The first-order valence-corrected chi connectivity index (χ1v) is 8.68. The first-order chi connectivity index (χ1) is 11.7. The fourth-order valence-electron chi connectivity index (χ4n) is 3.62. The van der Waals surface area contributed by atoms with Crippen LogP contribution >= 0.6 is 0 Å². The van der Waals surface area contributed by atoms with Crippen molar-refractivity contribution in [3.05, 3.63) is 59.2 Å². The van der Waals surface area contributed by atoms with Crippen molar-refractivity contribution in [1.82, 2.24) is 4.57 Å². The Morgan fingerprint density at radius 1 is 1.12 bits per heavy atom. The van der Waals surface area contributed by atoms with Crippen LogP contribution in [-0.4, -0.2) is 17.6 Å². The van der Waals surface area contributed by atoms with Gasteiger partial charge < -0.3 is 9.30 Å². The van der Waals surface area contributed by atoms with Crippen LogP contribution in [0.2, 0.25) is 0 Å². The summed E-state index contributed by atoms with van der Waals surface area (Å²) in [6.07, 6.45) is 7.43. The minimum atomic E-state index is -0.327. The van der Waals surface area contributed by atoms with E-state index in [-0.39, 0.29) is 11.8 Å². The van der Waals surface area contributed by atoms with Gasteiger partial charge in [0, 0.05) is 12.2 Å². The minimum absolute atomic E-state index is 0.248. The van der Waals surface area contributed by atoms with Gasteiger partial charge in [0.15, 0.2) is 0 Å². The highest BCUT2D eigenvalue weighted by molar-refractivity contribution is 5.87. The molecule has 0 saturated heterocycles. The number of carbonyl (C=O) groups is 1. The quantitative estimate of drug-likeness (QED) is 0.752. The molecular weight excluding hydrogens is 305 g/mol. The third-order valence-electron chi connectivity index (χ3n) is 4.94. The van der Waals surface area contributed by atoms with Crippen LogP contribution < -0.4 is 0 Å². The van der Waals surface area contributed by atoms with Gasteiger partial charge in [0.1, 0.15) is 11.5 Å². The zero-order chi connectivity index (χ0) is 16.9. The van der Waals surface area contributed by atoms with E-state index in [1.165, 1.54) is 51.3 Å². The normalized spacial score (nSPS) is 15.4. The van der Waals surface area contributed by atoms with Crippen LogP contribution in [0.3, 0.4) is 0 Å². The molecule has 3 nitrogen and oxygen atoms in total. The molecule has 0 unspecified atom stereocenters. The second kappa shape index (κ2) is 7.65. The van der Waals surface area contributed by atoms with Crippen molar-refractivity contribution < 1.29 is 13.9 Å². The molecule has 1 heterocycles. The van der Waals surface area contributed by atoms with Crippen LogP contribution in [0, 0.1) is 11.7 Å². The molecule has 3 rings (SSSR count). The second-order valence-electron chi connectivity index (χ2n) is 6.62. The molecule has 128 valence electrons. The fraction of sp³-hybridized carbons (Fsp3) is 0.450. The first-order valence-electron chi connectivity index (χ1n) is 8.68. The molecule has 0 amide bonds. The minimum Gasteiger partial charge on any atom is -0.464 e. The topological polar surface area (TPSA) is 31.2 Å². The van der Waals surface area contributed by atoms with Crippen molar-refractivity contribution in [1.29, 1.82) is 0 Å². The lowest BCUT2D eigenvalue weighted by Gasteiger charge is -2.22. The second-order valence-corrected chi connectivity index (χ2v) is 6.62. The van der Waals surface area contributed by atoms with E-state index in [1.807, 2.05) is 16.7 Å². The summed E-state index contributed by atoms with van der Waals surface area (Å²) in [6, 6.07) is 10.3. The van der Waals surface area contributed by atoms with E-state index in [1.54, 1.807) is 12.1 Å². The first kappa shape index (κ1) is 16.7. The lowest BCUT2D eigenvalue weighted by Crippen LogP contribution is -2.17. The Hall–Kier alpha value is -2.10. The van der Waals surface area contributed by atoms with Gasteiger partial charge in [-0.1, -0.05) is 44.2 Å². The van der Waals surface area contributed by atoms with Gasteiger partial charge in [0.05, 0.1) is 7.11 Å². The van der Waals surface area contributed by atoms with Crippen molar-refractivity contribution in [3.63, 3.8) is 0 Å². The molecule has 4 heteroatoms. The highest BCUT2D eigenvalue weighted by atomic mass is 19.1. The number of benzene rings is 1. The van der Waals surface area contributed by atoms with Gasteiger partial charge in [-0.3, -0.25) is 0 Å². The van der Waals surface area contributed by atoms with Gasteiger partial charge in [-0.2, -0.15) is 0 Å². The molecule has 0 aliphatic heterocycles. The van der Waals surface area contributed by atoms with Crippen molar-refractivity contribution in [2.45, 2.75) is 45.1 Å². The molecule has 1 aliphatic carbocycles. The molecule has 0 spiro atoms. The van der Waals surface area contributed by atoms with Crippen LogP contribution in [-0.2, 0) is 17.7 Å². The Morgan fingerprint density at radius 3 is 2.50 bits per heavy atom. The molecule has 0 N–H and O–H groups in total. The van der Waals surface area contributed by atoms with E-state index >= 15 is 0 Å². The molecule has 2 aromatic rings. The van der Waals surface area contributed by atoms with E-state index in [0.717, 1.165) is 17.7 Å². The van der Waals surface area contributed by atoms with Gasteiger partial charge in [0.2, 0.25) is 0 Å². The molecule has 0 atom stereocenters. The summed E-state index contributed by atoms with van der Waals surface area (Å²) < 4.78 is 20.1. The smallest absolute Gasteiger partial charge is 0.354 e. The third kappa shape index (κ3) is 3.86. The molecule has 1 aliphatic rings. The zero-order valence-electron chi connectivity index (χ0n) is 14.1.